The molecule has 2 N–H and O–H groups in total. The van der Waals surface area contributed by atoms with Gasteiger partial charge in [0.25, 0.3) is 0 Å². The fraction of sp³-hybridized carbons (Fsp3) is 0.385. The number of aliphatic hydroxyl groups excluding tert-OH is 1. The lowest BCUT2D eigenvalue weighted by Crippen LogP contribution is -2.15. The van der Waals surface area contributed by atoms with Crippen LogP contribution in [0.4, 0.5) is 0 Å². The number of hydrogen-bond acceptors (Lipinski definition) is 3. The van der Waals surface area contributed by atoms with Gasteiger partial charge in [-0.25, -0.2) is 4.79 Å². The van der Waals surface area contributed by atoms with Gasteiger partial charge in [-0.15, -0.1) is 0 Å². The Hall–Kier alpha value is -1.20. The Balaban J connectivity index is 3.15. The predicted molar refractivity (Wildman–Crippen MR) is 70.9 cm³/mol. The minimum atomic E-state index is -1.59. The number of carbonyl (C=O) groups is 2. The fourth-order valence-electron chi connectivity index (χ4n) is 1.69. The maximum Gasteiger partial charge on any atom is 0.337 e. The first-order valence-corrected chi connectivity index (χ1v) is 6.72. The van der Waals surface area contributed by atoms with Crippen molar-refractivity contribution >= 4 is 27.7 Å². The summed E-state index contributed by atoms with van der Waals surface area (Å²) in [7, 11) is 0. The average molecular weight is 315 g/mol. The molecule has 4 nitrogen and oxygen atoms in total. The van der Waals surface area contributed by atoms with E-state index in [2.05, 4.69) is 15.9 Å². The van der Waals surface area contributed by atoms with Crippen LogP contribution in [-0.4, -0.2) is 27.3 Å². The molecular weight excluding hydrogens is 300 g/mol. The minimum Gasteiger partial charge on any atom is -0.479 e. The normalized spacial score (nSPS) is 12.2. The van der Waals surface area contributed by atoms with Crippen LogP contribution in [0.1, 0.15) is 29.7 Å². The van der Waals surface area contributed by atoms with Crippen LogP contribution in [0.5, 0.6) is 0 Å². The van der Waals surface area contributed by atoms with Crippen LogP contribution in [0, 0.1) is 0 Å². The highest BCUT2D eigenvalue weighted by Gasteiger charge is 2.20. The number of carboxylic acid groups (broad SMARTS) is 1. The van der Waals surface area contributed by atoms with Gasteiger partial charge >= 0.3 is 5.97 Å². The van der Waals surface area contributed by atoms with E-state index >= 15 is 0 Å². The number of alkyl halides is 1. The van der Waals surface area contributed by atoms with Crippen molar-refractivity contribution in [2.24, 2.45) is 0 Å². The van der Waals surface area contributed by atoms with Gasteiger partial charge in [-0.05, 0) is 23.1 Å². The van der Waals surface area contributed by atoms with Crippen molar-refractivity contribution < 1.29 is 19.8 Å². The predicted octanol–water partition coefficient (Wildman–Crippen LogP) is 1.87. The van der Waals surface area contributed by atoms with Gasteiger partial charge in [0.05, 0.1) is 5.33 Å². The molecule has 0 heterocycles. The Bertz CT molecular complexity index is 456. The molecule has 1 atom stereocenters. The molecule has 0 aliphatic heterocycles. The number of Topliss-reactive ketones (excluding diaryl/α,β-unsaturated/α-hetero) is 1. The van der Waals surface area contributed by atoms with E-state index in [1.807, 2.05) is 6.92 Å². The van der Waals surface area contributed by atoms with Crippen molar-refractivity contribution in [3.05, 3.63) is 34.9 Å². The zero-order valence-corrected chi connectivity index (χ0v) is 11.6. The van der Waals surface area contributed by atoms with Crippen LogP contribution in [0.3, 0.4) is 0 Å². The van der Waals surface area contributed by atoms with Crippen LogP contribution in [0.15, 0.2) is 18.2 Å². The Kier molecular flexibility index (Phi) is 5.50. The standard InChI is InChI=1S/C13H15BrO4/c1-2-8-3-4-11(12(16)13(17)18)9(5-8)6-10(15)7-14/h3-5,12,16H,2,6-7H2,1H3,(H,17,18). The number of aryl methyl sites for hydroxylation is 1. The second kappa shape index (κ2) is 6.66. The molecule has 0 bridgehead atoms. The third-order valence-corrected chi connectivity index (χ3v) is 3.31. The monoisotopic (exact) mass is 314 g/mol. The number of hydrogen-bond donors (Lipinski definition) is 2. The molecule has 0 aromatic heterocycles. The van der Waals surface area contributed by atoms with Crippen molar-refractivity contribution in [1.82, 2.24) is 0 Å². The van der Waals surface area contributed by atoms with E-state index in [4.69, 9.17) is 5.11 Å². The molecule has 1 aromatic carbocycles. The third-order valence-electron chi connectivity index (χ3n) is 2.68. The van der Waals surface area contributed by atoms with Gasteiger partial charge in [-0.2, -0.15) is 0 Å². The number of halogens is 1. The molecule has 0 radical (unpaired) electrons. The molecule has 0 saturated heterocycles. The molecule has 18 heavy (non-hydrogen) atoms. The van der Waals surface area contributed by atoms with Crippen molar-refractivity contribution in [1.29, 1.82) is 0 Å². The van der Waals surface area contributed by atoms with Crippen molar-refractivity contribution in [3.8, 4) is 0 Å². The third kappa shape index (κ3) is 3.65. The van der Waals surface area contributed by atoms with Gasteiger partial charge < -0.3 is 10.2 Å². The summed E-state index contributed by atoms with van der Waals surface area (Å²) in [5.74, 6) is -1.37. The zero-order chi connectivity index (χ0) is 13.7. The highest BCUT2D eigenvalue weighted by atomic mass is 79.9. The summed E-state index contributed by atoms with van der Waals surface area (Å²) in [6, 6.07) is 5.13. The maximum absolute atomic E-state index is 11.4. The molecule has 0 amide bonds. The molecule has 0 aliphatic carbocycles. The summed E-state index contributed by atoms with van der Waals surface area (Å²) < 4.78 is 0. The first-order valence-electron chi connectivity index (χ1n) is 5.59. The molecule has 1 aromatic rings. The molecule has 0 spiro atoms. The summed E-state index contributed by atoms with van der Waals surface area (Å²) >= 11 is 3.07. The van der Waals surface area contributed by atoms with Gasteiger partial charge in [0.2, 0.25) is 0 Å². The molecule has 1 rings (SSSR count). The van der Waals surface area contributed by atoms with Gasteiger partial charge in [0, 0.05) is 6.42 Å². The summed E-state index contributed by atoms with van der Waals surface area (Å²) in [5, 5.41) is 18.7. The van der Waals surface area contributed by atoms with E-state index in [1.54, 1.807) is 18.2 Å². The molecule has 98 valence electrons. The SMILES string of the molecule is CCc1ccc(C(O)C(=O)O)c(CC(=O)CBr)c1. The number of benzene rings is 1. The largest absolute Gasteiger partial charge is 0.479 e. The summed E-state index contributed by atoms with van der Waals surface area (Å²) in [6.07, 6.45) is -0.674. The highest BCUT2D eigenvalue weighted by Crippen LogP contribution is 2.21. The fourth-order valence-corrected chi connectivity index (χ4v) is 1.89. The average Bonchev–Trinajstić information content (AvgIpc) is 2.37. The van der Waals surface area contributed by atoms with Gasteiger partial charge in [0.15, 0.2) is 6.10 Å². The molecule has 0 saturated carbocycles. The van der Waals surface area contributed by atoms with Gasteiger partial charge in [0.1, 0.15) is 5.78 Å². The van der Waals surface area contributed by atoms with Crippen molar-refractivity contribution in [3.63, 3.8) is 0 Å². The van der Waals surface area contributed by atoms with Crippen LogP contribution in [0.25, 0.3) is 0 Å². The maximum atomic E-state index is 11.4. The second-order valence-electron chi connectivity index (χ2n) is 3.98. The van der Waals surface area contributed by atoms with Crippen molar-refractivity contribution in [2.75, 3.05) is 5.33 Å². The van der Waals surface area contributed by atoms with Gasteiger partial charge in [-0.3, -0.25) is 4.79 Å². The van der Waals surface area contributed by atoms with E-state index in [1.165, 1.54) is 0 Å². The number of ketones is 1. The quantitative estimate of drug-likeness (QED) is 0.786. The lowest BCUT2D eigenvalue weighted by Gasteiger charge is -2.13. The Morgan fingerprint density at radius 3 is 2.56 bits per heavy atom. The Labute approximate surface area is 114 Å². The zero-order valence-electron chi connectivity index (χ0n) is 10.0. The molecular formula is C13H15BrO4. The first kappa shape index (κ1) is 14.9. The van der Waals surface area contributed by atoms with E-state index in [0.717, 1.165) is 12.0 Å². The van der Waals surface area contributed by atoms with E-state index in [-0.39, 0.29) is 23.1 Å². The smallest absolute Gasteiger partial charge is 0.337 e. The highest BCUT2D eigenvalue weighted by molar-refractivity contribution is 9.09. The molecule has 0 aliphatic rings. The van der Waals surface area contributed by atoms with E-state index in [9.17, 15) is 14.7 Å². The second-order valence-corrected chi connectivity index (χ2v) is 4.54. The Morgan fingerprint density at radius 2 is 2.06 bits per heavy atom. The summed E-state index contributed by atoms with van der Waals surface area (Å²) in [6.45, 7) is 1.97. The molecule has 0 fully saturated rings. The topological polar surface area (TPSA) is 74.6 Å². The van der Waals surface area contributed by atoms with E-state index < -0.39 is 12.1 Å². The summed E-state index contributed by atoms with van der Waals surface area (Å²) in [5.41, 5.74) is 1.87. The summed E-state index contributed by atoms with van der Waals surface area (Å²) in [4.78, 5) is 22.3. The molecule has 1 unspecified atom stereocenters. The number of rotatable bonds is 6. The first-order chi connectivity index (χ1) is 8.49. The lowest BCUT2D eigenvalue weighted by atomic mass is 9.95. The van der Waals surface area contributed by atoms with Crippen LogP contribution in [-0.2, 0) is 22.4 Å². The number of carbonyl (C=O) groups excluding carboxylic acids is 1. The van der Waals surface area contributed by atoms with Crippen molar-refractivity contribution in [2.45, 2.75) is 25.9 Å². The van der Waals surface area contributed by atoms with Crippen LogP contribution in [0.2, 0.25) is 0 Å². The number of carboxylic acids is 1. The number of aliphatic carboxylic acids is 1. The van der Waals surface area contributed by atoms with Gasteiger partial charge in [-0.1, -0.05) is 41.1 Å². The minimum absolute atomic E-state index is 0.0536. The molecule has 5 heteroatoms. The van der Waals surface area contributed by atoms with Crippen LogP contribution < -0.4 is 0 Å². The van der Waals surface area contributed by atoms with E-state index in [0.29, 0.717) is 5.56 Å². The number of aliphatic hydroxyl groups is 1. The lowest BCUT2D eigenvalue weighted by molar-refractivity contribution is -0.147. The van der Waals surface area contributed by atoms with Crippen LogP contribution >= 0.6 is 15.9 Å². The Morgan fingerprint density at radius 1 is 1.39 bits per heavy atom.